The number of nitrogens with one attached hydrogen (secondary N) is 1. The molecule has 1 amide bonds. The van der Waals surface area contributed by atoms with Gasteiger partial charge in [-0.1, -0.05) is 0 Å². The summed E-state index contributed by atoms with van der Waals surface area (Å²) in [5, 5.41) is 21.2. The molecule has 0 unspecified atom stereocenters. The third-order valence-corrected chi connectivity index (χ3v) is 2.48. The smallest absolute Gasteiger partial charge is 0.254 e. The maximum atomic E-state index is 10.9. The predicted octanol–water partition coefficient (Wildman–Crippen LogP) is 1.36. The molecule has 0 aliphatic heterocycles. The van der Waals surface area contributed by atoms with E-state index in [1.165, 1.54) is 6.21 Å². The van der Waals surface area contributed by atoms with Crippen LogP contribution in [0, 0.1) is 14.9 Å². The topological polar surface area (TPSA) is 85.5 Å². The minimum absolute atomic E-state index is 0.200. The maximum absolute atomic E-state index is 10.9. The standard InChI is InChI=1S/C10H8IN3O2/c11-8-5-7(1-2-9(8)15)6-13-14-10(16)3-4-12/h1-2,5-6,15H,3H2,(H,14,16)/b13-6+. The third kappa shape index (κ3) is 3.86. The number of hydrogen-bond acceptors (Lipinski definition) is 4. The summed E-state index contributed by atoms with van der Waals surface area (Å²) >= 11 is 1.99. The van der Waals surface area contributed by atoms with E-state index in [0.717, 1.165) is 5.56 Å². The summed E-state index contributed by atoms with van der Waals surface area (Å²) in [4.78, 5) is 10.9. The zero-order valence-corrected chi connectivity index (χ0v) is 10.3. The predicted molar refractivity (Wildman–Crippen MR) is 66.8 cm³/mol. The average Bonchev–Trinajstić information content (AvgIpc) is 2.24. The zero-order valence-electron chi connectivity index (χ0n) is 8.14. The van der Waals surface area contributed by atoms with E-state index in [4.69, 9.17) is 5.26 Å². The molecule has 82 valence electrons. The van der Waals surface area contributed by atoms with Crippen molar-refractivity contribution >= 4 is 34.7 Å². The molecule has 0 saturated carbocycles. The fraction of sp³-hybridized carbons (Fsp3) is 0.100. The van der Waals surface area contributed by atoms with Gasteiger partial charge in [0.15, 0.2) is 0 Å². The third-order valence-electron chi connectivity index (χ3n) is 1.61. The molecular weight excluding hydrogens is 321 g/mol. The Morgan fingerprint density at radius 1 is 1.69 bits per heavy atom. The zero-order chi connectivity index (χ0) is 12.0. The van der Waals surface area contributed by atoms with Crippen LogP contribution in [0.2, 0.25) is 0 Å². The molecule has 0 radical (unpaired) electrons. The molecule has 0 spiro atoms. The van der Waals surface area contributed by atoms with E-state index >= 15 is 0 Å². The molecule has 0 aliphatic rings. The number of phenols is 1. The molecule has 0 atom stereocenters. The van der Waals surface area contributed by atoms with Gasteiger partial charge in [0.2, 0.25) is 0 Å². The van der Waals surface area contributed by atoms with Gasteiger partial charge in [0.05, 0.1) is 15.9 Å². The summed E-state index contributed by atoms with van der Waals surface area (Å²) < 4.78 is 0.699. The number of amides is 1. The van der Waals surface area contributed by atoms with Crippen LogP contribution in [-0.4, -0.2) is 17.2 Å². The Hall–Kier alpha value is -1.62. The highest BCUT2D eigenvalue weighted by atomic mass is 127. The van der Waals surface area contributed by atoms with Crippen molar-refractivity contribution in [1.29, 1.82) is 5.26 Å². The molecule has 0 fully saturated rings. The summed E-state index contributed by atoms with van der Waals surface area (Å²) in [5.74, 6) is -0.251. The van der Waals surface area contributed by atoms with Gasteiger partial charge in [-0.25, -0.2) is 5.43 Å². The highest BCUT2D eigenvalue weighted by molar-refractivity contribution is 14.1. The van der Waals surface area contributed by atoms with Gasteiger partial charge in [-0.3, -0.25) is 4.79 Å². The summed E-state index contributed by atoms with van der Waals surface area (Å²) in [6, 6.07) is 6.64. The fourth-order valence-corrected chi connectivity index (χ4v) is 1.43. The number of hydrazone groups is 1. The number of nitrogens with zero attached hydrogens (tertiary/aromatic N) is 2. The molecule has 1 aromatic carbocycles. The highest BCUT2D eigenvalue weighted by Crippen LogP contribution is 2.19. The highest BCUT2D eigenvalue weighted by Gasteiger charge is 1.98. The first-order valence-electron chi connectivity index (χ1n) is 4.31. The van der Waals surface area contributed by atoms with Crippen molar-refractivity contribution in [2.45, 2.75) is 6.42 Å². The van der Waals surface area contributed by atoms with Crippen molar-refractivity contribution < 1.29 is 9.90 Å². The van der Waals surface area contributed by atoms with Crippen LogP contribution in [0.25, 0.3) is 0 Å². The minimum atomic E-state index is -0.452. The summed E-state index contributed by atoms with van der Waals surface area (Å²) in [6.45, 7) is 0. The molecule has 0 bridgehead atoms. The second-order valence-electron chi connectivity index (χ2n) is 2.84. The molecule has 0 aliphatic carbocycles. The molecule has 1 aromatic rings. The lowest BCUT2D eigenvalue weighted by molar-refractivity contribution is -0.120. The van der Waals surface area contributed by atoms with Crippen molar-refractivity contribution in [2.75, 3.05) is 0 Å². The molecular formula is C10H8IN3O2. The molecule has 0 heterocycles. The molecule has 6 heteroatoms. The Labute approximate surface area is 106 Å². The Bertz CT molecular complexity index is 466. The van der Waals surface area contributed by atoms with Crippen molar-refractivity contribution in [3.8, 4) is 11.8 Å². The number of halogens is 1. The number of phenolic OH excluding ortho intramolecular Hbond substituents is 1. The lowest BCUT2D eigenvalue weighted by Crippen LogP contribution is -2.16. The summed E-state index contributed by atoms with van der Waals surface area (Å²) in [5.41, 5.74) is 2.96. The normalized spacial score (nSPS) is 10.0. The molecule has 2 N–H and O–H groups in total. The summed E-state index contributed by atoms with van der Waals surface area (Å²) in [7, 11) is 0. The van der Waals surface area contributed by atoms with Crippen LogP contribution in [0.15, 0.2) is 23.3 Å². The van der Waals surface area contributed by atoms with E-state index in [2.05, 4.69) is 10.5 Å². The van der Waals surface area contributed by atoms with Crippen LogP contribution in [-0.2, 0) is 4.79 Å². The van der Waals surface area contributed by atoms with Gasteiger partial charge in [0.25, 0.3) is 5.91 Å². The van der Waals surface area contributed by atoms with Gasteiger partial charge in [-0.2, -0.15) is 10.4 Å². The Balaban J connectivity index is 2.60. The van der Waals surface area contributed by atoms with E-state index in [1.807, 2.05) is 22.6 Å². The van der Waals surface area contributed by atoms with E-state index in [-0.39, 0.29) is 12.2 Å². The van der Waals surface area contributed by atoms with Crippen molar-refractivity contribution in [3.63, 3.8) is 0 Å². The average molecular weight is 329 g/mol. The van der Waals surface area contributed by atoms with Crippen molar-refractivity contribution in [3.05, 3.63) is 27.3 Å². The van der Waals surface area contributed by atoms with E-state index < -0.39 is 5.91 Å². The first kappa shape index (κ1) is 12.4. The number of carbonyl (C=O) groups excluding carboxylic acids is 1. The molecule has 0 saturated heterocycles. The van der Waals surface area contributed by atoms with Gasteiger partial charge >= 0.3 is 0 Å². The fourth-order valence-electron chi connectivity index (χ4n) is 0.894. The van der Waals surface area contributed by atoms with Crippen LogP contribution in [0.5, 0.6) is 5.75 Å². The number of hydrogen-bond donors (Lipinski definition) is 2. The monoisotopic (exact) mass is 329 g/mol. The van der Waals surface area contributed by atoms with Gasteiger partial charge in [0, 0.05) is 0 Å². The summed E-state index contributed by atoms with van der Waals surface area (Å²) in [6.07, 6.45) is 1.22. The van der Waals surface area contributed by atoms with Gasteiger partial charge < -0.3 is 5.11 Å². The molecule has 5 nitrogen and oxygen atoms in total. The van der Waals surface area contributed by atoms with Crippen LogP contribution in [0.3, 0.4) is 0 Å². The van der Waals surface area contributed by atoms with E-state index in [0.29, 0.717) is 3.57 Å². The van der Waals surface area contributed by atoms with Gasteiger partial charge in [0.1, 0.15) is 12.2 Å². The second kappa shape index (κ2) is 6.07. The molecule has 0 aromatic heterocycles. The maximum Gasteiger partial charge on any atom is 0.254 e. The lowest BCUT2D eigenvalue weighted by Gasteiger charge is -1.98. The van der Waals surface area contributed by atoms with Gasteiger partial charge in [-0.15, -0.1) is 0 Å². The van der Waals surface area contributed by atoms with E-state index in [9.17, 15) is 9.90 Å². The molecule has 16 heavy (non-hydrogen) atoms. The van der Waals surface area contributed by atoms with Crippen molar-refractivity contribution in [2.24, 2.45) is 5.10 Å². The van der Waals surface area contributed by atoms with Crippen LogP contribution < -0.4 is 5.43 Å². The van der Waals surface area contributed by atoms with Crippen LogP contribution in [0.1, 0.15) is 12.0 Å². The van der Waals surface area contributed by atoms with Gasteiger partial charge in [-0.05, 0) is 46.4 Å². The number of rotatable bonds is 3. The number of nitriles is 1. The Kier molecular flexibility index (Phi) is 4.72. The second-order valence-corrected chi connectivity index (χ2v) is 4.00. The first-order chi connectivity index (χ1) is 7.63. The molecule has 1 rings (SSSR count). The van der Waals surface area contributed by atoms with Crippen molar-refractivity contribution in [1.82, 2.24) is 5.43 Å². The number of benzene rings is 1. The number of carbonyl (C=O) groups is 1. The lowest BCUT2D eigenvalue weighted by atomic mass is 10.2. The van der Waals surface area contributed by atoms with Crippen LogP contribution >= 0.6 is 22.6 Å². The minimum Gasteiger partial charge on any atom is -0.507 e. The first-order valence-corrected chi connectivity index (χ1v) is 5.38. The largest absolute Gasteiger partial charge is 0.507 e. The van der Waals surface area contributed by atoms with Crippen LogP contribution in [0.4, 0.5) is 0 Å². The quantitative estimate of drug-likeness (QED) is 0.499. The SMILES string of the molecule is N#CCC(=O)N/N=C/c1ccc(O)c(I)c1. The van der Waals surface area contributed by atoms with E-state index in [1.54, 1.807) is 24.3 Å². The Morgan fingerprint density at radius 2 is 2.44 bits per heavy atom. The number of aromatic hydroxyl groups is 1. The Morgan fingerprint density at radius 3 is 3.06 bits per heavy atom.